The van der Waals surface area contributed by atoms with E-state index in [1.165, 1.54) is 11.3 Å². The van der Waals surface area contributed by atoms with E-state index in [1.54, 1.807) is 4.90 Å². The summed E-state index contributed by atoms with van der Waals surface area (Å²) in [4.78, 5) is 25.6. The van der Waals surface area contributed by atoms with Crippen molar-refractivity contribution < 1.29 is 19.4 Å². The Morgan fingerprint density at radius 1 is 1.45 bits per heavy atom. The van der Waals surface area contributed by atoms with Crippen LogP contribution in [0.3, 0.4) is 0 Å². The van der Waals surface area contributed by atoms with Crippen LogP contribution in [0.5, 0.6) is 0 Å². The number of carboxylic acid groups (broad SMARTS) is 1. The quantitative estimate of drug-likeness (QED) is 0.903. The summed E-state index contributed by atoms with van der Waals surface area (Å²) in [6.07, 6.45) is 0.789. The highest BCUT2D eigenvalue weighted by molar-refractivity contribution is 7.08. The molecule has 1 fully saturated rings. The van der Waals surface area contributed by atoms with Gasteiger partial charge in [0.1, 0.15) is 5.92 Å². The van der Waals surface area contributed by atoms with Crippen LogP contribution in [0.25, 0.3) is 0 Å². The van der Waals surface area contributed by atoms with E-state index in [1.807, 2.05) is 24.6 Å². The lowest BCUT2D eigenvalue weighted by Gasteiger charge is -2.30. The number of ether oxygens (including phenoxy) is 1. The molecule has 0 aliphatic carbocycles. The van der Waals surface area contributed by atoms with E-state index in [0.717, 1.165) is 12.0 Å². The molecule has 0 saturated carbocycles. The molecule has 110 valence electrons. The minimum absolute atomic E-state index is 0.0904. The van der Waals surface area contributed by atoms with Crippen molar-refractivity contribution in [1.82, 2.24) is 4.90 Å². The summed E-state index contributed by atoms with van der Waals surface area (Å²) < 4.78 is 5.28. The summed E-state index contributed by atoms with van der Waals surface area (Å²) in [6.45, 7) is 4.90. The molecule has 1 amide bonds. The SMILES string of the molecule is CCCN(C(=O)c1cscc1C)C1COCC1C(=O)O. The number of carboxylic acids is 1. The molecular weight excluding hydrogens is 278 g/mol. The van der Waals surface area contributed by atoms with Crippen molar-refractivity contribution in [2.24, 2.45) is 5.92 Å². The number of nitrogens with zero attached hydrogens (tertiary/aromatic N) is 1. The van der Waals surface area contributed by atoms with Crippen LogP contribution in [0.4, 0.5) is 0 Å². The second kappa shape index (κ2) is 6.37. The van der Waals surface area contributed by atoms with Crippen LogP contribution in [0.15, 0.2) is 10.8 Å². The van der Waals surface area contributed by atoms with Gasteiger partial charge in [0, 0.05) is 11.9 Å². The smallest absolute Gasteiger partial charge is 0.311 e. The molecule has 0 aromatic carbocycles. The topological polar surface area (TPSA) is 66.8 Å². The lowest BCUT2D eigenvalue weighted by atomic mass is 10.0. The van der Waals surface area contributed by atoms with E-state index in [0.29, 0.717) is 18.7 Å². The fourth-order valence-electron chi connectivity index (χ4n) is 2.48. The number of hydrogen-bond donors (Lipinski definition) is 1. The molecule has 1 aromatic heterocycles. The first-order valence-electron chi connectivity index (χ1n) is 6.70. The molecule has 2 rings (SSSR count). The second-order valence-corrected chi connectivity index (χ2v) is 5.76. The van der Waals surface area contributed by atoms with E-state index in [9.17, 15) is 14.7 Å². The largest absolute Gasteiger partial charge is 0.481 e. The molecule has 2 unspecified atom stereocenters. The van der Waals surface area contributed by atoms with E-state index >= 15 is 0 Å². The average molecular weight is 297 g/mol. The lowest BCUT2D eigenvalue weighted by Crippen LogP contribution is -2.47. The van der Waals surface area contributed by atoms with Crippen molar-refractivity contribution in [3.8, 4) is 0 Å². The fraction of sp³-hybridized carbons (Fsp3) is 0.571. The fourth-order valence-corrected chi connectivity index (χ4v) is 3.30. The Hall–Kier alpha value is -1.40. The Morgan fingerprint density at radius 2 is 2.20 bits per heavy atom. The highest BCUT2D eigenvalue weighted by atomic mass is 32.1. The highest BCUT2D eigenvalue weighted by Gasteiger charge is 2.40. The first kappa shape index (κ1) is 15.0. The zero-order valence-corrected chi connectivity index (χ0v) is 12.5. The molecule has 0 bridgehead atoms. The van der Waals surface area contributed by atoms with Crippen LogP contribution in [-0.2, 0) is 9.53 Å². The lowest BCUT2D eigenvalue weighted by molar-refractivity contribution is -0.142. The number of rotatable bonds is 5. The third kappa shape index (κ3) is 2.86. The van der Waals surface area contributed by atoms with Gasteiger partial charge in [-0.3, -0.25) is 9.59 Å². The van der Waals surface area contributed by atoms with Crippen molar-refractivity contribution in [2.75, 3.05) is 19.8 Å². The zero-order chi connectivity index (χ0) is 14.7. The van der Waals surface area contributed by atoms with E-state index in [2.05, 4.69) is 0 Å². The second-order valence-electron chi connectivity index (χ2n) is 5.02. The molecule has 20 heavy (non-hydrogen) atoms. The van der Waals surface area contributed by atoms with E-state index in [-0.39, 0.29) is 18.6 Å². The van der Waals surface area contributed by atoms with Gasteiger partial charge in [-0.2, -0.15) is 11.3 Å². The van der Waals surface area contributed by atoms with Gasteiger partial charge in [0.05, 0.1) is 24.8 Å². The van der Waals surface area contributed by atoms with E-state index < -0.39 is 11.9 Å². The first-order valence-corrected chi connectivity index (χ1v) is 7.64. The van der Waals surface area contributed by atoms with Crippen molar-refractivity contribution in [2.45, 2.75) is 26.3 Å². The predicted molar refractivity (Wildman–Crippen MR) is 76.1 cm³/mol. The van der Waals surface area contributed by atoms with Crippen molar-refractivity contribution in [3.05, 3.63) is 21.9 Å². The van der Waals surface area contributed by atoms with Gasteiger partial charge in [0.15, 0.2) is 0 Å². The molecule has 1 aliphatic rings. The molecular formula is C14H19NO4S. The summed E-state index contributed by atoms with van der Waals surface area (Å²) >= 11 is 1.48. The average Bonchev–Trinajstić information content (AvgIpc) is 3.03. The third-order valence-corrected chi connectivity index (χ3v) is 4.44. The molecule has 0 spiro atoms. The maximum atomic E-state index is 12.7. The van der Waals surface area contributed by atoms with Crippen LogP contribution in [0.2, 0.25) is 0 Å². The van der Waals surface area contributed by atoms with Gasteiger partial charge in [-0.05, 0) is 24.3 Å². The van der Waals surface area contributed by atoms with Gasteiger partial charge in [0.2, 0.25) is 0 Å². The minimum atomic E-state index is -0.900. The van der Waals surface area contributed by atoms with Crippen molar-refractivity contribution in [3.63, 3.8) is 0 Å². The summed E-state index contributed by atoms with van der Waals surface area (Å²) in [7, 11) is 0. The molecule has 5 nitrogen and oxygen atoms in total. The van der Waals surface area contributed by atoms with Gasteiger partial charge in [0.25, 0.3) is 5.91 Å². The van der Waals surface area contributed by atoms with Crippen LogP contribution in [0.1, 0.15) is 29.3 Å². The Morgan fingerprint density at radius 3 is 2.75 bits per heavy atom. The maximum Gasteiger partial charge on any atom is 0.311 e. The van der Waals surface area contributed by atoms with Crippen LogP contribution in [0, 0.1) is 12.8 Å². The summed E-state index contributed by atoms with van der Waals surface area (Å²) in [6, 6.07) is -0.376. The van der Waals surface area contributed by atoms with Gasteiger partial charge < -0.3 is 14.7 Å². The molecule has 2 atom stereocenters. The monoisotopic (exact) mass is 297 g/mol. The molecule has 1 N–H and O–H groups in total. The molecule has 6 heteroatoms. The maximum absolute atomic E-state index is 12.7. The molecule has 2 heterocycles. The Labute approximate surface area is 122 Å². The normalized spacial score (nSPS) is 21.9. The number of carbonyl (C=O) groups is 2. The van der Waals surface area contributed by atoms with E-state index in [4.69, 9.17) is 4.74 Å². The standard InChI is InChI=1S/C14H19NO4S/c1-3-4-15(12-6-19-5-10(12)14(17)18)13(16)11-8-20-7-9(11)2/h7-8,10,12H,3-6H2,1-2H3,(H,17,18). The first-order chi connectivity index (χ1) is 9.56. The van der Waals surface area contributed by atoms with Crippen LogP contribution >= 0.6 is 11.3 Å². The number of thiophene rings is 1. The zero-order valence-electron chi connectivity index (χ0n) is 11.7. The van der Waals surface area contributed by atoms with Gasteiger partial charge in [-0.25, -0.2) is 0 Å². The molecule has 0 radical (unpaired) electrons. The van der Waals surface area contributed by atoms with Crippen molar-refractivity contribution >= 4 is 23.2 Å². The molecule has 1 aromatic rings. The number of hydrogen-bond acceptors (Lipinski definition) is 4. The van der Waals surface area contributed by atoms with Gasteiger partial charge in [-0.15, -0.1) is 0 Å². The Bertz CT molecular complexity index is 499. The number of aryl methyl sites for hydroxylation is 1. The Kier molecular flexibility index (Phi) is 4.77. The molecule has 1 aliphatic heterocycles. The minimum Gasteiger partial charge on any atom is -0.481 e. The summed E-state index contributed by atoms with van der Waals surface area (Å²) in [5, 5.41) is 13.0. The summed E-state index contributed by atoms with van der Waals surface area (Å²) in [5.74, 6) is -1.62. The van der Waals surface area contributed by atoms with Crippen LogP contribution < -0.4 is 0 Å². The summed E-state index contributed by atoms with van der Waals surface area (Å²) in [5.41, 5.74) is 1.60. The Balaban J connectivity index is 2.24. The van der Waals surface area contributed by atoms with Gasteiger partial charge in [-0.1, -0.05) is 6.92 Å². The van der Waals surface area contributed by atoms with Gasteiger partial charge >= 0.3 is 5.97 Å². The van der Waals surface area contributed by atoms with Crippen molar-refractivity contribution in [1.29, 1.82) is 0 Å². The molecule has 1 saturated heterocycles. The highest BCUT2D eigenvalue weighted by Crippen LogP contribution is 2.24. The third-order valence-electron chi connectivity index (χ3n) is 3.58. The number of amides is 1. The predicted octanol–water partition coefficient (Wildman–Crippen LogP) is 2.01. The number of aliphatic carboxylic acids is 1. The van der Waals surface area contributed by atoms with Crippen LogP contribution in [-0.4, -0.2) is 47.7 Å². The number of carbonyl (C=O) groups excluding carboxylic acids is 1.